The number of thiazole rings is 1. The van der Waals surface area contributed by atoms with Crippen LogP contribution in [0.25, 0.3) is 10.2 Å². The molecule has 3 rings (SSSR count). The SMILES string of the molecule is CCc1ccc(OCCC(=O)Nc2nc3ccc(OC)cc3s2)cc1. The molecule has 0 aliphatic heterocycles. The van der Waals surface area contributed by atoms with Gasteiger partial charge < -0.3 is 14.8 Å². The van der Waals surface area contributed by atoms with Crippen molar-refractivity contribution in [3.63, 3.8) is 0 Å². The van der Waals surface area contributed by atoms with Gasteiger partial charge in [0.15, 0.2) is 5.13 Å². The summed E-state index contributed by atoms with van der Waals surface area (Å²) in [6, 6.07) is 13.6. The Hall–Kier alpha value is -2.60. The molecule has 1 amide bonds. The van der Waals surface area contributed by atoms with Crippen molar-refractivity contribution in [3.8, 4) is 11.5 Å². The number of aryl methyl sites for hydroxylation is 1. The van der Waals surface area contributed by atoms with Gasteiger partial charge in [0, 0.05) is 0 Å². The molecule has 1 N–H and O–H groups in total. The molecule has 1 aromatic heterocycles. The van der Waals surface area contributed by atoms with Crippen LogP contribution in [0, 0.1) is 0 Å². The number of amides is 1. The zero-order valence-corrected chi connectivity index (χ0v) is 15.1. The number of carbonyl (C=O) groups excluding carboxylic acids is 1. The molecule has 2 aromatic carbocycles. The first-order valence-electron chi connectivity index (χ1n) is 8.14. The van der Waals surface area contributed by atoms with E-state index in [1.807, 2.05) is 42.5 Å². The minimum Gasteiger partial charge on any atom is -0.497 e. The molecule has 0 saturated heterocycles. The second kappa shape index (κ2) is 7.98. The van der Waals surface area contributed by atoms with Gasteiger partial charge >= 0.3 is 0 Å². The molecule has 1 heterocycles. The van der Waals surface area contributed by atoms with E-state index in [-0.39, 0.29) is 12.3 Å². The lowest BCUT2D eigenvalue weighted by Gasteiger charge is -2.06. The summed E-state index contributed by atoms with van der Waals surface area (Å²) in [5.74, 6) is 1.43. The highest BCUT2D eigenvalue weighted by Gasteiger charge is 2.09. The largest absolute Gasteiger partial charge is 0.497 e. The summed E-state index contributed by atoms with van der Waals surface area (Å²) in [6.45, 7) is 2.44. The first-order valence-corrected chi connectivity index (χ1v) is 8.95. The zero-order chi connectivity index (χ0) is 17.6. The van der Waals surface area contributed by atoms with Gasteiger partial charge in [0.1, 0.15) is 11.5 Å². The fourth-order valence-corrected chi connectivity index (χ4v) is 3.26. The number of benzene rings is 2. The number of methoxy groups -OCH3 is 1. The number of rotatable bonds is 7. The topological polar surface area (TPSA) is 60.5 Å². The molecule has 3 aromatic rings. The average Bonchev–Trinajstić information content (AvgIpc) is 3.03. The quantitative estimate of drug-likeness (QED) is 0.686. The lowest BCUT2D eigenvalue weighted by atomic mass is 10.2. The molecule has 6 heteroatoms. The maximum atomic E-state index is 12.1. The number of fused-ring (bicyclic) bond motifs is 1. The molecule has 0 unspecified atom stereocenters. The molecule has 0 aliphatic rings. The van der Waals surface area contributed by atoms with Crippen LogP contribution in [0.2, 0.25) is 0 Å². The minimum atomic E-state index is -0.115. The van der Waals surface area contributed by atoms with Gasteiger partial charge in [0.05, 0.1) is 30.4 Å². The van der Waals surface area contributed by atoms with E-state index in [0.29, 0.717) is 11.7 Å². The molecule has 130 valence electrons. The first-order chi connectivity index (χ1) is 12.2. The van der Waals surface area contributed by atoms with Crippen molar-refractivity contribution in [2.45, 2.75) is 19.8 Å². The van der Waals surface area contributed by atoms with Gasteiger partial charge in [-0.05, 0) is 42.3 Å². The van der Waals surface area contributed by atoms with Crippen molar-refractivity contribution in [3.05, 3.63) is 48.0 Å². The number of aromatic nitrogens is 1. The highest BCUT2D eigenvalue weighted by molar-refractivity contribution is 7.22. The number of nitrogens with one attached hydrogen (secondary N) is 1. The van der Waals surface area contributed by atoms with Gasteiger partial charge in [0.2, 0.25) is 5.91 Å². The van der Waals surface area contributed by atoms with Gasteiger partial charge in [-0.1, -0.05) is 30.4 Å². The van der Waals surface area contributed by atoms with E-state index in [1.54, 1.807) is 7.11 Å². The predicted octanol–water partition coefficient (Wildman–Crippen LogP) is 4.27. The normalized spacial score (nSPS) is 10.6. The molecule has 0 spiro atoms. The Balaban J connectivity index is 1.51. The number of hydrogen-bond acceptors (Lipinski definition) is 5. The van der Waals surface area contributed by atoms with Crippen molar-refractivity contribution in [1.82, 2.24) is 4.98 Å². The van der Waals surface area contributed by atoms with Crippen molar-refractivity contribution in [2.75, 3.05) is 19.0 Å². The van der Waals surface area contributed by atoms with Crippen molar-refractivity contribution in [1.29, 1.82) is 0 Å². The second-order valence-corrected chi connectivity index (χ2v) is 6.53. The summed E-state index contributed by atoms with van der Waals surface area (Å²) in [5.41, 5.74) is 2.10. The van der Waals surface area contributed by atoms with E-state index < -0.39 is 0 Å². The molecule has 0 saturated carbocycles. The molecular formula is C19H20N2O3S. The minimum absolute atomic E-state index is 0.115. The second-order valence-electron chi connectivity index (χ2n) is 5.50. The van der Waals surface area contributed by atoms with E-state index in [4.69, 9.17) is 9.47 Å². The summed E-state index contributed by atoms with van der Waals surface area (Å²) < 4.78 is 11.8. The highest BCUT2D eigenvalue weighted by atomic mass is 32.1. The van der Waals surface area contributed by atoms with E-state index in [2.05, 4.69) is 17.2 Å². The molecule has 0 fully saturated rings. The van der Waals surface area contributed by atoms with Crippen LogP contribution in [0.5, 0.6) is 11.5 Å². The highest BCUT2D eigenvalue weighted by Crippen LogP contribution is 2.29. The molecule has 0 atom stereocenters. The summed E-state index contributed by atoms with van der Waals surface area (Å²) >= 11 is 1.43. The summed E-state index contributed by atoms with van der Waals surface area (Å²) in [4.78, 5) is 16.5. The van der Waals surface area contributed by atoms with E-state index in [9.17, 15) is 4.79 Å². The predicted molar refractivity (Wildman–Crippen MR) is 101 cm³/mol. The Labute approximate surface area is 150 Å². The third-order valence-electron chi connectivity index (χ3n) is 3.77. The maximum Gasteiger partial charge on any atom is 0.229 e. The Morgan fingerprint density at radius 3 is 2.64 bits per heavy atom. The summed E-state index contributed by atoms with van der Waals surface area (Å²) in [6.07, 6.45) is 1.27. The zero-order valence-electron chi connectivity index (χ0n) is 14.2. The lowest BCUT2D eigenvalue weighted by Crippen LogP contribution is -2.15. The number of anilines is 1. The Bertz CT molecular complexity index is 859. The van der Waals surface area contributed by atoms with Crippen LogP contribution < -0.4 is 14.8 Å². The third kappa shape index (κ3) is 4.48. The van der Waals surface area contributed by atoms with E-state index >= 15 is 0 Å². The number of carbonyl (C=O) groups is 1. The van der Waals surface area contributed by atoms with E-state index in [0.717, 1.165) is 28.1 Å². The summed E-state index contributed by atoms with van der Waals surface area (Å²) in [5, 5.41) is 3.40. The molecule has 25 heavy (non-hydrogen) atoms. The molecule has 0 bridgehead atoms. The van der Waals surface area contributed by atoms with Gasteiger partial charge in [-0.25, -0.2) is 4.98 Å². The molecular weight excluding hydrogens is 336 g/mol. The number of hydrogen-bond donors (Lipinski definition) is 1. The maximum absolute atomic E-state index is 12.1. The van der Waals surface area contributed by atoms with Crippen LogP contribution in [-0.4, -0.2) is 24.6 Å². The van der Waals surface area contributed by atoms with Crippen LogP contribution >= 0.6 is 11.3 Å². The molecule has 0 radical (unpaired) electrons. The van der Waals surface area contributed by atoms with Crippen LogP contribution in [0.3, 0.4) is 0 Å². The average molecular weight is 356 g/mol. The fraction of sp³-hybridized carbons (Fsp3) is 0.263. The van der Waals surface area contributed by atoms with Crippen LogP contribution in [0.15, 0.2) is 42.5 Å². The van der Waals surface area contributed by atoms with Crippen molar-refractivity contribution < 1.29 is 14.3 Å². The van der Waals surface area contributed by atoms with Crippen molar-refractivity contribution in [2.24, 2.45) is 0 Å². The monoisotopic (exact) mass is 356 g/mol. The van der Waals surface area contributed by atoms with Gasteiger partial charge in [-0.15, -0.1) is 0 Å². The van der Waals surface area contributed by atoms with Gasteiger partial charge in [-0.3, -0.25) is 4.79 Å². The number of nitrogens with zero attached hydrogens (tertiary/aromatic N) is 1. The fourth-order valence-electron chi connectivity index (χ4n) is 2.35. The van der Waals surface area contributed by atoms with E-state index in [1.165, 1.54) is 16.9 Å². The standard InChI is InChI=1S/C19H20N2O3S/c1-3-13-4-6-14(7-5-13)24-11-10-18(22)21-19-20-16-9-8-15(23-2)12-17(16)25-19/h4-9,12H,3,10-11H2,1-2H3,(H,20,21,22). The van der Waals surface area contributed by atoms with Crippen LogP contribution in [-0.2, 0) is 11.2 Å². The lowest BCUT2D eigenvalue weighted by molar-refractivity contribution is -0.116. The Morgan fingerprint density at radius 1 is 1.16 bits per heavy atom. The van der Waals surface area contributed by atoms with Crippen LogP contribution in [0.1, 0.15) is 18.9 Å². The van der Waals surface area contributed by atoms with Gasteiger partial charge in [0.25, 0.3) is 0 Å². The Morgan fingerprint density at radius 2 is 1.92 bits per heavy atom. The van der Waals surface area contributed by atoms with Crippen LogP contribution in [0.4, 0.5) is 5.13 Å². The summed E-state index contributed by atoms with van der Waals surface area (Å²) in [7, 11) is 1.63. The third-order valence-corrected chi connectivity index (χ3v) is 4.71. The molecule has 5 nitrogen and oxygen atoms in total. The molecule has 0 aliphatic carbocycles. The Kier molecular flexibility index (Phi) is 5.50. The van der Waals surface area contributed by atoms with Gasteiger partial charge in [-0.2, -0.15) is 0 Å². The first kappa shape index (κ1) is 17.2. The smallest absolute Gasteiger partial charge is 0.229 e. The van der Waals surface area contributed by atoms with Crippen molar-refractivity contribution >= 4 is 32.6 Å². The number of ether oxygens (including phenoxy) is 2.